The van der Waals surface area contributed by atoms with E-state index in [2.05, 4.69) is 19.2 Å². The summed E-state index contributed by atoms with van der Waals surface area (Å²) in [4.78, 5) is 13.0. The van der Waals surface area contributed by atoms with Crippen LogP contribution in [0, 0.1) is 5.92 Å². The second-order valence-corrected chi connectivity index (χ2v) is 6.14. The number of ether oxygens (including phenoxy) is 1. The van der Waals surface area contributed by atoms with Gasteiger partial charge in [-0.05, 0) is 36.6 Å². The molecule has 5 heteroatoms. The van der Waals surface area contributed by atoms with Crippen molar-refractivity contribution in [3.63, 3.8) is 0 Å². The molecule has 1 aromatic carbocycles. The van der Waals surface area contributed by atoms with Crippen LogP contribution in [0.3, 0.4) is 0 Å². The summed E-state index contributed by atoms with van der Waals surface area (Å²) in [5, 5.41) is 12.3. The lowest BCUT2D eigenvalue weighted by Crippen LogP contribution is -2.42. The van der Waals surface area contributed by atoms with Gasteiger partial charge in [-0.1, -0.05) is 20.3 Å². The zero-order valence-electron chi connectivity index (χ0n) is 13.0. The van der Waals surface area contributed by atoms with Crippen molar-refractivity contribution in [2.75, 3.05) is 19.5 Å². The molecule has 0 saturated heterocycles. The number of methoxy groups -OCH3 is 1. The molecule has 0 saturated carbocycles. The average molecular weight is 311 g/mol. The van der Waals surface area contributed by atoms with Gasteiger partial charge in [-0.25, -0.2) is 0 Å². The largest absolute Gasteiger partial charge is 0.497 e. The minimum absolute atomic E-state index is 0.0138. The number of carbonyl (C=O) groups excluding carboxylic acids is 1. The van der Waals surface area contributed by atoms with Gasteiger partial charge < -0.3 is 15.2 Å². The van der Waals surface area contributed by atoms with Gasteiger partial charge in [-0.2, -0.15) is 0 Å². The number of aliphatic hydroxyl groups is 1. The number of hydrogen-bond donors (Lipinski definition) is 2. The topological polar surface area (TPSA) is 58.6 Å². The molecule has 0 aliphatic rings. The number of carbonyl (C=O) groups is 1. The van der Waals surface area contributed by atoms with E-state index in [9.17, 15) is 9.90 Å². The first-order chi connectivity index (χ1) is 10.1. The zero-order valence-corrected chi connectivity index (χ0v) is 13.8. The molecule has 4 nitrogen and oxygen atoms in total. The Morgan fingerprint density at radius 3 is 2.57 bits per heavy atom. The zero-order chi connectivity index (χ0) is 15.7. The Kier molecular flexibility index (Phi) is 8.23. The molecule has 118 valence electrons. The van der Waals surface area contributed by atoms with Gasteiger partial charge in [0.25, 0.3) is 0 Å². The molecule has 2 unspecified atom stereocenters. The van der Waals surface area contributed by atoms with E-state index in [4.69, 9.17) is 4.74 Å². The molecule has 0 fully saturated rings. The number of hydrogen-bond acceptors (Lipinski definition) is 4. The Hall–Kier alpha value is -1.20. The van der Waals surface area contributed by atoms with Crippen LogP contribution in [-0.2, 0) is 4.79 Å². The molecule has 0 aromatic heterocycles. The molecule has 2 atom stereocenters. The number of rotatable bonds is 9. The standard InChI is InChI=1S/C16H25NO3S/c1-4-5-12(2)15(10-18)17-16(19)11-21-14-8-6-13(20-3)7-9-14/h6-9,12,15,18H,4-5,10-11H2,1-3H3,(H,17,19). The van der Waals surface area contributed by atoms with Gasteiger partial charge in [0, 0.05) is 4.90 Å². The highest BCUT2D eigenvalue weighted by molar-refractivity contribution is 8.00. The van der Waals surface area contributed by atoms with Crippen molar-refractivity contribution < 1.29 is 14.6 Å². The molecule has 21 heavy (non-hydrogen) atoms. The maximum atomic E-state index is 11.9. The third kappa shape index (κ3) is 6.40. The number of amides is 1. The molecule has 1 aromatic rings. The third-order valence-corrected chi connectivity index (χ3v) is 4.42. The van der Waals surface area contributed by atoms with Crippen LogP contribution in [0.4, 0.5) is 0 Å². The number of aliphatic hydroxyl groups excluding tert-OH is 1. The minimum atomic E-state index is -0.158. The smallest absolute Gasteiger partial charge is 0.230 e. The highest BCUT2D eigenvalue weighted by Gasteiger charge is 2.17. The van der Waals surface area contributed by atoms with Crippen molar-refractivity contribution in [3.8, 4) is 5.75 Å². The molecule has 0 aliphatic heterocycles. The Balaban J connectivity index is 2.41. The van der Waals surface area contributed by atoms with Crippen LogP contribution in [-0.4, -0.2) is 36.5 Å². The number of nitrogens with one attached hydrogen (secondary N) is 1. The molecular formula is C16H25NO3S. The average Bonchev–Trinajstić information content (AvgIpc) is 2.51. The van der Waals surface area contributed by atoms with Gasteiger partial charge in [-0.15, -0.1) is 11.8 Å². The van der Waals surface area contributed by atoms with E-state index in [0.717, 1.165) is 23.5 Å². The minimum Gasteiger partial charge on any atom is -0.497 e. The quantitative estimate of drug-likeness (QED) is 0.689. The fourth-order valence-corrected chi connectivity index (χ4v) is 2.80. The molecule has 0 heterocycles. The second kappa shape index (κ2) is 9.68. The van der Waals surface area contributed by atoms with Gasteiger partial charge in [0.05, 0.1) is 25.5 Å². The van der Waals surface area contributed by atoms with Crippen molar-refractivity contribution in [2.24, 2.45) is 5.92 Å². The summed E-state index contributed by atoms with van der Waals surface area (Å²) < 4.78 is 5.09. The molecular weight excluding hydrogens is 286 g/mol. The van der Waals surface area contributed by atoms with Crippen LogP contribution in [0.1, 0.15) is 26.7 Å². The molecule has 1 amide bonds. The van der Waals surface area contributed by atoms with Crippen molar-refractivity contribution in [3.05, 3.63) is 24.3 Å². The Morgan fingerprint density at radius 2 is 2.05 bits per heavy atom. The van der Waals surface area contributed by atoms with Gasteiger partial charge in [0.2, 0.25) is 5.91 Å². The predicted octanol–water partition coefficient (Wildman–Crippen LogP) is 2.70. The summed E-state index contributed by atoms with van der Waals surface area (Å²) >= 11 is 1.48. The molecule has 0 bridgehead atoms. The normalized spacial score (nSPS) is 13.5. The van der Waals surface area contributed by atoms with Gasteiger partial charge in [-0.3, -0.25) is 4.79 Å². The van der Waals surface area contributed by atoms with E-state index in [1.807, 2.05) is 24.3 Å². The lowest BCUT2D eigenvalue weighted by molar-refractivity contribution is -0.119. The number of benzene rings is 1. The first kappa shape index (κ1) is 17.9. The first-order valence-electron chi connectivity index (χ1n) is 7.27. The molecule has 0 radical (unpaired) electrons. The van der Waals surface area contributed by atoms with E-state index in [0.29, 0.717) is 5.75 Å². The van der Waals surface area contributed by atoms with E-state index in [1.54, 1.807) is 7.11 Å². The van der Waals surface area contributed by atoms with Crippen molar-refractivity contribution in [1.82, 2.24) is 5.32 Å². The molecule has 0 aliphatic carbocycles. The maximum Gasteiger partial charge on any atom is 0.230 e. The van der Waals surface area contributed by atoms with Gasteiger partial charge >= 0.3 is 0 Å². The first-order valence-corrected chi connectivity index (χ1v) is 8.26. The lowest BCUT2D eigenvalue weighted by Gasteiger charge is -2.22. The van der Waals surface area contributed by atoms with Crippen LogP contribution in [0.2, 0.25) is 0 Å². The maximum absolute atomic E-state index is 11.9. The summed E-state index contributed by atoms with van der Waals surface area (Å²) in [6, 6.07) is 7.45. The fraction of sp³-hybridized carbons (Fsp3) is 0.562. The molecule has 1 rings (SSSR count). The van der Waals surface area contributed by atoms with Crippen molar-refractivity contribution in [1.29, 1.82) is 0 Å². The van der Waals surface area contributed by atoms with Crippen LogP contribution < -0.4 is 10.1 Å². The predicted molar refractivity (Wildman–Crippen MR) is 86.8 cm³/mol. The monoisotopic (exact) mass is 311 g/mol. The van der Waals surface area contributed by atoms with E-state index in [1.165, 1.54) is 11.8 Å². The van der Waals surface area contributed by atoms with E-state index < -0.39 is 0 Å². The van der Waals surface area contributed by atoms with Gasteiger partial charge in [0.15, 0.2) is 0 Å². The van der Waals surface area contributed by atoms with E-state index in [-0.39, 0.29) is 24.5 Å². The van der Waals surface area contributed by atoms with Crippen LogP contribution >= 0.6 is 11.8 Å². The summed E-state index contributed by atoms with van der Waals surface area (Å²) in [6.45, 7) is 4.15. The highest BCUT2D eigenvalue weighted by atomic mass is 32.2. The van der Waals surface area contributed by atoms with Crippen molar-refractivity contribution >= 4 is 17.7 Å². The molecule has 0 spiro atoms. The van der Waals surface area contributed by atoms with Crippen molar-refractivity contribution in [2.45, 2.75) is 37.6 Å². The van der Waals surface area contributed by atoms with E-state index >= 15 is 0 Å². The lowest BCUT2D eigenvalue weighted by atomic mass is 9.97. The Bertz CT molecular complexity index is 422. The van der Waals surface area contributed by atoms with Crippen LogP contribution in [0.5, 0.6) is 5.75 Å². The Morgan fingerprint density at radius 1 is 1.38 bits per heavy atom. The molecule has 2 N–H and O–H groups in total. The summed E-state index contributed by atoms with van der Waals surface area (Å²) in [5.74, 6) is 1.40. The van der Waals surface area contributed by atoms with Gasteiger partial charge in [0.1, 0.15) is 5.75 Å². The fourth-order valence-electron chi connectivity index (χ4n) is 2.09. The van der Waals surface area contributed by atoms with Crippen LogP contribution in [0.15, 0.2) is 29.2 Å². The second-order valence-electron chi connectivity index (χ2n) is 5.09. The summed E-state index contributed by atoms with van der Waals surface area (Å²) in [7, 11) is 1.63. The third-order valence-electron chi connectivity index (χ3n) is 3.40. The summed E-state index contributed by atoms with van der Waals surface area (Å²) in [6.07, 6.45) is 2.05. The number of thioether (sulfide) groups is 1. The highest BCUT2D eigenvalue weighted by Crippen LogP contribution is 2.21. The summed E-state index contributed by atoms with van der Waals surface area (Å²) in [5.41, 5.74) is 0. The Labute approximate surface area is 131 Å². The van der Waals surface area contributed by atoms with Crippen LogP contribution in [0.25, 0.3) is 0 Å². The SMILES string of the molecule is CCCC(C)C(CO)NC(=O)CSc1ccc(OC)cc1.